The van der Waals surface area contributed by atoms with E-state index in [1.165, 1.54) is 0 Å². The zero-order valence-corrected chi connectivity index (χ0v) is 15.6. The number of fused-ring (bicyclic) bond motifs is 1. The quantitative estimate of drug-likeness (QED) is 0.820. The van der Waals surface area contributed by atoms with Crippen molar-refractivity contribution < 1.29 is 14.3 Å². The zero-order chi connectivity index (χ0) is 18.0. The highest BCUT2D eigenvalue weighted by molar-refractivity contribution is 6.34. The fourth-order valence-electron chi connectivity index (χ4n) is 2.83. The number of ether oxygens (including phenoxy) is 2. The second kappa shape index (κ2) is 7.54. The van der Waals surface area contributed by atoms with E-state index in [1.807, 2.05) is 26.0 Å². The molecule has 1 N–H and O–H groups in total. The van der Waals surface area contributed by atoms with Crippen molar-refractivity contribution >= 4 is 34.8 Å². The highest BCUT2D eigenvalue weighted by atomic mass is 35.5. The van der Waals surface area contributed by atoms with Crippen LogP contribution in [-0.4, -0.2) is 19.1 Å². The lowest BCUT2D eigenvalue weighted by Crippen LogP contribution is -2.15. The number of nitrogens with one attached hydrogen (secondary N) is 1. The van der Waals surface area contributed by atoms with E-state index in [9.17, 15) is 4.79 Å². The number of benzene rings is 2. The number of halogens is 2. The maximum absolute atomic E-state index is 12.4. The number of anilines is 1. The minimum Gasteiger partial charge on any atom is -0.489 e. The van der Waals surface area contributed by atoms with Gasteiger partial charge < -0.3 is 14.8 Å². The molecule has 0 fully saturated rings. The first kappa shape index (κ1) is 17.9. The third kappa shape index (κ3) is 4.20. The van der Waals surface area contributed by atoms with Crippen molar-refractivity contribution in [2.75, 3.05) is 18.5 Å². The van der Waals surface area contributed by atoms with E-state index in [-0.39, 0.29) is 12.3 Å². The molecule has 0 bridgehead atoms. The lowest BCUT2D eigenvalue weighted by atomic mass is 10.1. The largest absolute Gasteiger partial charge is 0.489 e. The third-order valence-electron chi connectivity index (χ3n) is 3.92. The number of hydrogen-bond acceptors (Lipinski definition) is 3. The van der Waals surface area contributed by atoms with Crippen LogP contribution < -0.4 is 14.8 Å². The van der Waals surface area contributed by atoms with E-state index in [2.05, 4.69) is 5.32 Å². The highest BCUT2D eigenvalue weighted by Crippen LogP contribution is 2.38. The predicted octanol–water partition coefficient (Wildman–Crippen LogP) is 4.95. The Kier molecular flexibility index (Phi) is 5.40. The van der Waals surface area contributed by atoms with Gasteiger partial charge in [0.15, 0.2) is 11.5 Å². The summed E-state index contributed by atoms with van der Waals surface area (Å²) in [7, 11) is 0. The SMILES string of the molecule is Cc1cc(C)c(NC(=O)Cc2cc(Cl)c3c(c2)OCCCO3)c(Cl)c1. The van der Waals surface area contributed by atoms with Crippen molar-refractivity contribution in [3.05, 3.63) is 51.0 Å². The van der Waals surface area contributed by atoms with E-state index >= 15 is 0 Å². The van der Waals surface area contributed by atoms with E-state index in [0.717, 1.165) is 23.1 Å². The van der Waals surface area contributed by atoms with Crippen molar-refractivity contribution in [1.29, 1.82) is 0 Å². The van der Waals surface area contributed by atoms with Crippen LogP contribution in [0.5, 0.6) is 11.5 Å². The molecule has 0 saturated heterocycles. The van der Waals surface area contributed by atoms with Crippen molar-refractivity contribution in [2.24, 2.45) is 0 Å². The molecular weight excluding hydrogens is 361 g/mol. The minimum absolute atomic E-state index is 0.167. The Balaban J connectivity index is 1.78. The average molecular weight is 380 g/mol. The zero-order valence-electron chi connectivity index (χ0n) is 14.1. The van der Waals surface area contributed by atoms with E-state index in [4.69, 9.17) is 32.7 Å². The van der Waals surface area contributed by atoms with Crippen LogP contribution in [0.3, 0.4) is 0 Å². The van der Waals surface area contributed by atoms with Gasteiger partial charge >= 0.3 is 0 Å². The molecule has 0 aromatic heterocycles. The topological polar surface area (TPSA) is 47.6 Å². The second-order valence-corrected chi connectivity index (χ2v) is 6.93. The average Bonchev–Trinajstić information content (AvgIpc) is 2.76. The standard InChI is InChI=1S/C19H19Cl2NO3/c1-11-6-12(2)18(14(20)7-11)22-17(23)10-13-8-15(21)19-16(9-13)24-4-3-5-25-19/h6-9H,3-5,10H2,1-2H3,(H,22,23). The molecule has 0 radical (unpaired) electrons. The van der Waals surface area contributed by atoms with Crippen molar-refractivity contribution in [1.82, 2.24) is 0 Å². The normalized spacial score (nSPS) is 13.3. The smallest absolute Gasteiger partial charge is 0.228 e. The molecule has 1 aliphatic heterocycles. The van der Waals surface area contributed by atoms with Crippen LogP contribution in [0.15, 0.2) is 24.3 Å². The Morgan fingerprint density at radius 2 is 1.84 bits per heavy atom. The Morgan fingerprint density at radius 3 is 2.60 bits per heavy atom. The van der Waals surface area contributed by atoms with Gasteiger partial charge in [0.1, 0.15) is 0 Å². The number of rotatable bonds is 3. The molecule has 1 heterocycles. The van der Waals surface area contributed by atoms with Crippen molar-refractivity contribution in [2.45, 2.75) is 26.7 Å². The molecule has 0 spiro atoms. The second-order valence-electron chi connectivity index (χ2n) is 6.12. The van der Waals surface area contributed by atoms with Crippen LogP contribution in [0.2, 0.25) is 10.0 Å². The van der Waals surface area contributed by atoms with Crippen LogP contribution in [0.4, 0.5) is 5.69 Å². The molecule has 0 unspecified atom stereocenters. The summed E-state index contributed by atoms with van der Waals surface area (Å²) in [5.74, 6) is 0.956. The molecule has 25 heavy (non-hydrogen) atoms. The van der Waals surface area contributed by atoms with Gasteiger partial charge in [0, 0.05) is 6.42 Å². The van der Waals surface area contributed by atoms with Gasteiger partial charge in [-0.05, 0) is 48.7 Å². The minimum atomic E-state index is -0.167. The van der Waals surface area contributed by atoms with Gasteiger partial charge in [-0.1, -0.05) is 29.3 Å². The third-order valence-corrected chi connectivity index (χ3v) is 4.50. The first-order chi connectivity index (χ1) is 11.9. The molecule has 2 aromatic carbocycles. The van der Waals surface area contributed by atoms with Gasteiger partial charge in [0.2, 0.25) is 5.91 Å². The maximum Gasteiger partial charge on any atom is 0.228 e. The molecule has 3 rings (SSSR count). The Labute approximate surface area is 157 Å². The molecule has 2 aromatic rings. The monoisotopic (exact) mass is 379 g/mol. The molecule has 4 nitrogen and oxygen atoms in total. The summed E-state index contributed by atoms with van der Waals surface area (Å²) in [6.45, 7) is 5.01. The number of aryl methyl sites for hydroxylation is 2. The first-order valence-corrected chi connectivity index (χ1v) is 8.84. The van der Waals surface area contributed by atoms with Gasteiger partial charge in [0.25, 0.3) is 0 Å². The first-order valence-electron chi connectivity index (χ1n) is 8.08. The lowest BCUT2D eigenvalue weighted by Gasteiger charge is -2.13. The summed E-state index contributed by atoms with van der Waals surface area (Å²) < 4.78 is 11.3. The summed E-state index contributed by atoms with van der Waals surface area (Å²) >= 11 is 12.5. The van der Waals surface area contributed by atoms with Gasteiger partial charge in [-0.15, -0.1) is 0 Å². The Morgan fingerprint density at radius 1 is 1.08 bits per heavy atom. The molecule has 6 heteroatoms. The van der Waals surface area contributed by atoms with E-state index in [0.29, 0.717) is 40.4 Å². The maximum atomic E-state index is 12.4. The highest BCUT2D eigenvalue weighted by Gasteiger charge is 2.17. The van der Waals surface area contributed by atoms with Crippen molar-refractivity contribution in [3.8, 4) is 11.5 Å². The van der Waals surface area contributed by atoms with Crippen LogP contribution >= 0.6 is 23.2 Å². The summed E-state index contributed by atoms with van der Waals surface area (Å²) in [5.41, 5.74) is 3.37. The number of carbonyl (C=O) groups is 1. The van der Waals surface area contributed by atoms with Gasteiger partial charge in [0.05, 0.1) is 35.4 Å². The van der Waals surface area contributed by atoms with Gasteiger partial charge in [-0.25, -0.2) is 0 Å². The molecule has 1 amide bonds. The molecule has 0 aliphatic carbocycles. The van der Waals surface area contributed by atoms with Crippen LogP contribution in [0.25, 0.3) is 0 Å². The molecular formula is C19H19Cl2NO3. The molecule has 0 saturated carbocycles. The predicted molar refractivity (Wildman–Crippen MR) is 100 cm³/mol. The fraction of sp³-hybridized carbons (Fsp3) is 0.316. The summed E-state index contributed by atoms with van der Waals surface area (Å²) in [4.78, 5) is 12.4. The summed E-state index contributed by atoms with van der Waals surface area (Å²) in [6, 6.07) is 7.34. The number of hydrogen-bond donors (Lipinski definition) is 1. The molecule has 132 valence electrons. The summed E-state index contributed by atoms with van der Waals surface area (Å²) in [6.07, 6.45) is 0.964. The fourth-order valence-corrected chi connectivity index (χ4v) is 3.49. The van der Waals surface area contributed by atoms with Crippen LogP contribution in [-0.2, 0) is 11.2 Å². The molecule has 0 atom stereocenters. The number of amides is 1. The van der Waals surface area contributed by atoms with Gasteiger partial charge in [-0.3, -0.25) is 4.79 Å². The van der Waals surface area contributed by atoms with Crippen LogP contribution in [0.1, 0.15) is 23.1 Å². The van der Waals surface area contributed by atoms with E-state index in [1.54, 1.807) is 12.1 Å². The van der Waals surface area contributed by atoms with Crippen molar-refractivity contribution in [3.63, 3.8) is 0 Å². The Bertz CT molecular complexity index is 798. The van der Waals surface area contributed by atoms with Gasteiger partial charge in [-0.2, -0.15) is 0 Å². The lowest BCUT2D eigenvalue weighted by molar-refractivity contribution is -0.115. The van der Waals surface area contributed by atoms with Crippen LogP contribution in [0, 0.1) is 13.8 Å². The molecule has 1 aliphatic rings. The van der Waals surface area contributed by atoms with E-state index < -0.39 is 0 Å². The Hall–Kier alpha value is -1.91. The summed E-state index contributed by atoms with van der Waals surface area (Å²) in [5, 5.41) is 3.86. The number of carbonyl (C=O) groups excluding carboxylic acids is 1.